The van der Waals surface area contributed by atoms with E-state index in [1.54, 1.807) is 12.1 Å². The third-order valence-corrected chi connectivity index (χ3v) is 4.62. The molecule has 0 spiro atoms. The lowest BCUT2D eigenvalue weighted by atomic mass is 10.2. The van der Waals surface area contributed by atoms with Gasteiger partial charge in [0.1, 0.15) is 11.6 Å². The first-order valence-electron chi connectivity index (χ1n) is 8.55. The fraction of sp³-hybridized carbons (Fsp3) is 0.316. The van der Waals surface area contributed by atoms with Gasteiger partial charge in [-0.15, -0.1) is 0 Å². The van der Waals surface area contributed by atoms with Gasteiger partial charge in [0.05, 0.1) is 25.0 Å². The lowest BCUT2D eigenvalue weighted by Gasteiger charge is -2.20. The largest absolute Gasteiger partial charge is 0.362 e. The van der Waals surface area contributed by atoms with E-state index in [0.717, 1.165) is 35.1 Å². The molecule has 0 fully saturated rings. The summed E-state index contributed by atoms with van der Waals surface area (Å²) >= 11 is 0. The zero-order valence-electron chi connectivity index (χ0n) is 15.1. The molecule has 1 aliphatic rings. The minimum atomic E-state index is -0.223. The maximum absolute atomic E-state index is 13.1. The van der Waals surface area contributed by atoms with Gasteiger partial charge in [0.25, 0.3) is 0 Å². The number of hydrogen-bond acceptors (Lipinski definition) is 5. The highest BCUT2D eigenvalue weighted by atomic mass is 19.1. The Balaban J connectivity index is 1.56. The normalized spacial score (nSPS) is 13.2. The van der Waals surface area contributed by atoms with Crippen LogP contribution in [0.4, 0.5) is 16.2 Å². The molecule has 0 unspecified atom stereocenters. The Bertz CT molecular complexity index is 932. The van der Waals surface area contributed by atoms with Crippen molar-refractivity contribution in [2.75, 3.05) is 23.9 Å². The molecule has 3 heterocycles. The number of benzene rings is 1. The monoisotopic (exact) mass is 352 g/mol. The van der Waals surface area contributed by atoms with Gasteiger partial charge in [-0.25, -0.2) is 9.37 Å². The number of fused-ring (bicyclic) bond motifs is 1. The van der Waals surface area contributed by atoms with Crippen LogP contribution >= 0.6 is 0 Å². The molecule has 0 saturated heterocycles. The lowest BCUT2D eigenvalue weighted by Crippen LogP contribution is -2.21. The summed E-state index contributed by atoms with van der Waals surface area (Å²) in [5, 5.41) is 4.49. The predicted octanol–water partition coefficient (Wildman–Crippen LogP) is 2.76. The quantitative estimate of drug-likeness (QED) is 0.723. The van der Waals surface area contributed by atoms with Crippen LogP contribution in [-0.4, -0.2) is 33.8 Å². The summed E-state index contributed by atoms with van der Waals surface area (Å²) in [6.07, 6.45) is 3.77. The van der Waals surface area contributed by atoms with Gasteiger partial charge in [-0.2, -0.15) is 10.1 Å². The van der Waals surface area contributed by atoms with Gasteiger partial charge in [-0.05, 0) is 24.6 Å². The van der Waals surface area contributed by atoms with Crippen LogP contribution in [0.2, 0.25) is 0 Å². The molecule has 7 heteroatoms. The fourth-order valence-electron chi connectivity index (χ4n) is 3.28. The van der Waals surface area contributed by atoms with E-state index in [-0.39, 0.29) is 5.82 Å². The van der Waals surface area contributed by atoms with Gasteiger partial charge in [-0.1, -0.05) is 12.1 Å². The zero-order chi connectivity index (χ0) is 18.3. The Hall–Kier alpha value is -2.96. The van der Waals surface area contributed by atoms with Crippen molar-refractivity contribution in [1.29, 1.82) is 0 Å². The van der Waals surface area contributed by atoms with Crippen molar-refractivity contribution in [3.05, 3.63) is 64.9 Å². The van der Waals surface area contributed by atoms with E-state index in [0.29, 0.717) is 13.1 Å². The molecule has 0 saturated carbocycles. The average molecular weight is 352 g/mol. The van der Waals surface area contributed by atoms with E-state index in [4.69, 9.17) is 4.98 Å². The molecule has 0 N–H and O–H groups in total. The minimum absolute atomic E-state index is 0.223. The first-order chi connectivity index (χ1) is 12.5. The van der Waals surface area contributed by atoms with E-state index < -0.39 is 0 Å². The molecular weight excluding hydrogens is 331 g/mol. The smallest absolute Gasteiger partial charge is 0.227 e. The second-order valence-electron chi connectivity index (χ2n) is 6.83. The van der Waals surface area contributed by atoms with E-state index in [1.807, 2.05) is 43.0 Å². The van der Waals surface area contributed by atoms with Crippen LogP contribution in [0.5, 0.6) is 0 Å². The van der Waals surface area contributed by atoms with Crippen LogP contribution in [0.3, 0.4) is 0 Å². The highest BCUT2D eigenvalue weighted by Gasteiger charge is 2.26. The van der Waals surface area contributed by atoms with Gasteiger partial charge in [0.2, 0.25) is 5.95 Å². The lowest BCUT2D eigenvalue weighted by molar-refractivity contribution is 0.619. The Morgan fingerprint density at radius 3 is 2.62 bits per heavy atom. The van der Waals surface area contributed by atoms with E-state index in [9.17, 15) is 4.39 Å². The first-order valence-corrected chi connectivity index (χ1v) is 8.55. The second kappa shape index (κ2) is 6.40. The molecule has 1 aliphatic heterocycles. The topological polar surface area (TPSA) is 50.1 Å². The average Bonchev–Trinajstić information content (AvgIpc) is 3.19. The standard InChI is InChI=1S/C19H21FN6/c1-13-8-21-19(23-18(13)24(2)3)25-11-15-9-22-26(17(15)12-25)10-14-4-6-16(20)7-5-14/h4-9H,10-12H2,1-3H3. The van der Waals surface area contributed by atoms with Crippen molar-refractivity contribution >= 4 is 11.8 Å². The van der Waals surface area contributed by atoms with Crippen molar-refractivity contribution in [3.8, 4) is 0 Å². The number of rotatable bonds is 4. The van der Waals surface area contributed by atoms with E-state index >= 15 is 0 Å². The zero-order valence-corrected chi connectivity index (χ0v) is 15.1. The highest BCUT2D eigenvalue weighted by Crippen LogP contribution is 2.28. The van der Waals surface area contributed by atoms with Crippen molar-refractivity contribution in [3.63, 3.8) is 0 Å². The van der Waals surface area contributed by atoms with Gasteiger partial charge >= 0.3 is 0 Å². The number of halogens is 1. The third-order valence-electron chi connectivity index (χ3n) is 4.62. The van der Waals surface area contributed by atoms with E-state index in [2.05, 4.69) is 15.0 Å². The van der Waals surface area contributed by atoms with Crippen molar-refractivity contribution in [2.24, 2.45) is 0 Å². The van der Waals surface area contributed by atoms with Crippen LogP contribution in [-0.2, 0) is 19.6 Å². The van der Waals surface area contributed by atoms with Crippen LogP contribution in [0, 0.1) is 12.7 Å². The van der Waals surface area contributed by atoms with Gasteiger partial charge in [0, 0.05) is 38.0 Å². The highest BCUT2D eigenvalue weighted by molar-refractivity contribution is 5.50. The maximum atomic E-state index is 13.1. The molecule has 0 amide bonds. The third kappa shape index (κ3) is 3.00. The molecule has 4 rings (SSSR count). The number of hydrogen-bond donors (Lipinski definition) is 0. The molecule has 2 aromatic heterocycles. The summed E-state index contributed by atoms with van der Waals surface area (Å²) in [4.78, 5) is 13.4. The number of aromatic nitrogens is 4. The molecule has 26 heavy (non-hydrogen) atoms. The van der Waals surface area contributed by atoms with Crippen molar-refractivity contribution in [1.82, 2.24) is 19.7 Å². The molecule has 0 bridgehead atoms. The molecule has 6 nitrogen and oxygen atoms in total. The molecule has 0 radical (unpaired) electrons. The number of nitrogens with zero attached hydrogens (tertiary/aromatic N) is 6. The fourth-order valence-corrected chi connectivity index (χ4v) is 3.28. The number of aryl methyl sites for hydroxylation is 1. The minimum Gasteiger partial charge on any atom is -0.362 e. The van der Waals surface area contributed by atoms with Gasteiger partial charge in [-0.3, -0.25) is 4.68 Å². The van der Waals surface area contributed by atoms with Crippen molar-refractivity contribution in [2.45, 2.75) is 26.6 Å². The Kier molecular flexibility index (Phi) is 4.06. The van der Waals surface area contributed by atoms with Gasteiger partial charge < -0.3 is 9.80 Å². The van der Waals surface area contributed by atoms with Crippen LogP contribution in [0.1, 0.15) is 22.4 Å². The summed E-state index contributed by atoms with van der Waals surface area (Å²) in [6.45, 7) is 4.10. The molecule has 0 atom stereocenters. The molecule has 134 valence electrons. The first kappa shape index (κ1) is 16.5. The Morgan fingerprint density at radius 1 is 1.12 bits per heavy atom. The molecule has 3 aromatic rings. The van der Waals surface area contributed by atoms with Gasteiger partial charge in [0.15, 0.2) is 0 Å². The summed E-state index contributed by atoms with van der Waals surface area (Å²) in [6, 6.07) is 6.55. The number of anilines is 2. The summed E-state index contributed by atoms with van der Waals surface area (Å²) in [5.74, 6) is 1.43. The van der Waals surface area contributed by atoms with Crippen LogP contribution in [0.15, 0.2) is 36.7 Å². The predicted molar refractivity (Wildman–Crippen MR) is 98.7 cm³/mol. The van der Waals surface area contributed by atoms with Crippen LogP contribution < -0.4 is 9.80 Å². The summed E-state index contributed by atoms with van der Waals surface area (Å²) in [5.41, 5.74) is 4.42. The van der Waals surface area contributed by atoms with Crippen LogP contribution in [0.25, 0.3) is 0 Å². The molecule has 1 aromatic carbocycles. The summed E-state index contributed by atoms with van der Waals surface area (Å²) < 4.78 is 15.1. The van der Waals surface area contributed by atoms with E-state index in [1.165, 1.54) is 17.7 Å². The maximum Gasteiger partial charge on any atom is 0.227 e. The summed E-state index contributed by atoms with van der Waals surface area (Å²) in [7, 11) is 3.97. The van der Waals surface area contributed by atoms with Crippen molar-refractivity contribution < 1.29 is 4.39 Å². The second-order valence-corrected chi connectivity index (χ2v) is 6.83. The molecular formula is C19H21FN6. The Labute approximate surface area is 151 Å². The SMILES string of the molecule is Cc1cnc(N2Cc3cnn(Cc4ccc(F)cc4)c3C2)nc1N(C)C. The Morgan fingerprint density at radius 2 is 1.88 bits per heavy atom. The molecule has 0 aliphatic carbocycles.